The summed E-state index contributed by atoms with van der Waals surface area (Å²) in [6.45, 7) is 0. The first-order chi connectivity index (χ1) is 25.8. The average molecular weight is 660 g/mol. The zero-order chi connectivity index (χ0) is 34.2. The Morgan fingerprint density at radius 3 is 1.85 bits per heavy atom. The van der Waals surface area contributed by atoms with E-state index in [0.29, 0.717) is 0 Å². The summed E-state index contributed by atoms with van der Waals surface area (Å²) >= 11 is 0. The van der Waals surface area contributed by atoms with Crippen molar-refractivity contribution in [3.8, 4) is 33.5 Å². The smallest absolute Gasteiger partial charge is 0.0970 e. The van der Waals surface area contributed by atoms with Crippen molar-refractivity contribution in [2.24, 2.45) is 0 Å². The van der Waals surface area contributed by atoms with E-state index in [0.717, 1.165) is 38.6 Å². The highest BCUT2D eigenvalue weighted by atomic mass is 14.7. The zero-order valence-corrected chi connectivity index (χ0v) is 28.1. The Bertz CT molecular complexity index is 3240. The first-order valence-corrected chi connectivity index (χ1v) is 17.7. The Balaban J connectivity index is 1.02. The monoisotopic (exact) mass is 659 g/mol. The highest BCUT2D eigenvalue weighted by Gasteiger charge is 2.15. The Labute approximate surface area is 299 Å². The van der Waals surface area contributed by atoms with Crippen molar-refractivity contribution in [3.63, 3.8) is 0 Å². The number of aromatic nitrogens is 3. The van der Waals surface area contributed by atoms with Gasteiger partial charge in [-0.2, -0.15) is 0 Å². The maximum absolute atomic E-state index is 5.25. The molecule has 0 aliphatic carbocycles. The van der Waals surface area contributed by atoms with Gasteiger partial charge in [-0.05, 0) is 97.0 Å². The van der Waals surface area contributed by atoms with E-state index in [2.05, 4.69) is 157 Å². The van der Waals surface area contributed by atoms with Gasteiger partial charge in [0, 0.05) is 44.9 Å². The van der Waals surface area contributed by atoms with E-state index in [9.17, 15) is 0 Å². The van der Waals surface area contributed by atoms with Crippen molar-refractivity contribution < 1.29 is 0 Å². The zero-order valence-electron chi connectivity index (χ0n) is 28.1. The summed E-state index contributed by atoms with van der Waals surface area (Å²) in [6.07, 6.45) is 3.69. The molecular weight excluding hydrogens is 631 g/mol. The van der Waals surface area contributed by atoms with E-state index in [1.54, 1.807) is 0 Å². The summed E-state index contributed by atoms with van der Waals surface area (Å²) in [4.78, 5) is 14.6. The number of hydrogen-bond donors (Lipinski definition) is 0. The van der Waals surface area contributed by atoms with Gasteiger partial charge in [-0.1, -0.05) is 121 Å². The van der Waals surface area contributed by atoms with E-state index in [1.165, 1.54) is 70.7 Å². The highest BCUT2D eigenvalue weighted by molar-refractivity contribution is 6.22. The summed E-state index contributed by atoms with van der Waals surface area (Å²) < 4.78 is 0. The molecule has 0 bridgehead atoms. The van der Waals surface area contributed by atoms with Crippen LogP contribution in [-0.2, 0) is 0 Å². The van der Waals surface area contributed by atoms with E-state index in [1.807, 2.05) is 24.5 Å². The van der Waals surface area contributed by atoms with Gasteiger partial charge in [-0.15, -0.1) is 0 Å². The fourth-order valence-corrected chi connectivity index (χ4v) is 8.22. The number of pyridine rings is 3. The van der Waals surface area contributed by atoms with Gasteiger partial charge in [0.25, 0.3) is 0 Å². The lowest BCUT2D eigenvalue weighted by molar-refractivity contribution is 1.37. The van der Waals surface area contributed by atoms with Gasteiger partial charge in [0.1, 0.15) is 0 Å². The molecule has 0 aliphatic rings. The lowest BCUT2D eigenvalue weighted by Gasteiger charge is -2.14. The molecule has 0 atom stereocenters. The average Bonchev–Trinajstić information content (AvgIpc) is 3.22. The summed E-state index contributed by atoms with van der Waals surface area (Å²) in [5, 5.41) is 13.2. The molecule has 3 heterocycles. The molecule has 3 aromatic heterocycles. The quantitative estimate of drug-likeness (QED) is 0.177. The van der Waals surface area contributed by atoms with E-state index < -0.39 is 0 Å². The van der Waals surface area contributed by atoms with Crippen molar-refractivity contribution in [2.45, 2.75) is 0 Å². The lowest BCUT2D eigenvalue weighted by Crippen LogP contribution is -1.91. The molecule has 11 rings (SSSR count). The first-order valence-electron chi connectivity index (χ1n) is 17.7. The van der Waals surface area contributed by atoms with E-state index >= 15 is 0 Å². The minimum Gasteiger partial charge on any atom is -0.254 e. The van der Waals surface area contributed by atoms with Gasteiger partial charge < -0.3 is 0 Å². The second-order valence-electron chi connectivity index (χ2n) is 13.6. The molecule has 3 nitrogen and oxygen atoms in total. The van der Waals surface area contributed by atoms with Gasteiger partial charge in [-0.25, -0.2) is 4.98 Å². The Hall–Kier alpha value is -6.97. The predicted molar refractivity (Wildman–Crippen MR) is 219 cm³/mol. The molecular formula is C49H29N3. The maximum atomic E-state index is 5.25. The van der Waals surface area contributed by atoms with Crippen molar-refractivity contribution in [3.05, 3.63) is 176 Å². The van der Waals surface area contributed by atoms with Crippen LogP contribution in [0.4, 0.5) is 0 Å². The van der Waals surface area contributed by atoms with Gasteiger partial charge in [0.05, 0.1) is 22.2 Å². The van der Waals surface area contributed by atoms with Crippen molar-refractivity contribution in [1.82, 2.24) is 15.0 Å². The number of benzene rings is 8. The molecule has 0 fully saturated rings. The summed E-state index contributed by atoms with van der Waals surface area (Å²) in [7, 11) is 0. The second-order valence-corrected chi connectivity index (χ2v) is 13.6. The van der Waals surface area contributed by atoms with E-state index in [4.69, 9.17) is 9.97 Å². The first kappa shape index (κ1) is 28.8. The van der Waals surface area contributed by atoms with Crippen LogP contribution in [0.1, 0.15) is 0 Å². The third-order valence-electron chi connectivity index (χ3n) is 10.7. The number of fused-ring (bicyclic) bond motifs is 11. The Kier molecular flexibility index (Phi) is 6.25. The molecule has 0 radical (unpaired) electrons. The Morgan fingerprint density at radius 1 is 0.327 bits per heavy atom. The van der Waals surface area contributed by atoms with Crippen LogP contribution in [0.15, 0.2) is 176 Å². The molecule has 3 heteroatoms. The SMILES string of the molecule is c1cc(-c2ccc3c(ccc4cc(-c5cc6cccnc6c6ncccc56)ccc43)c2)cc(-c2nc3ccccc3c3c2ccc2ccccc23)c1. The van der Waals surface area contributed by atoms with Gasteiger partial charge in [0.15, 0.2) is 0 Å². The molecule has 0 saturated carbocycles. The molecule has 240 valence electrons. The fourth-order valence-electron chi connectivity index (χ4n) is 8.22. The number of para-hydroxylation sites is 1. The normalized spacial score (nSPS) is 11.8. The maximum Gasteiger partial charge on any atom is 0.0970 e. The van der Waals surface area contributed by atoms with Crippen LogP contribution in [0, 0.1) is 0 Å². The van der Waals surface area contributed by atoms with Crippen molar-refractivity contribution in [1.29, 1.82) is 0 Å². The number of hydrogen-bond acceptors (Lipinski definition) is 3. The van der Waals surface area contributed by atoms with Crippen LogP contribution in [0.25, 0.3) is 109 Å². The second kappa shape index (κ2) is 11.3. The molecule has 52 heavy (non-hydrogen) atoms. The van der Waals surface area contributed by atoms with Crippen molar-refractivity contribution in [2.75, 3.05) is 0 Å². The largest absolute Gasteiger partial charge is 0.254 e. The predicted octanol–water partition coefficient (Wildman–Crippen LogP) is 12.9. The van der Waals surface area contributed by atoms with E-state index in [-0.39, 0.29) is 0 Å². The summed E-state index contributed by atoms with van der Waals surface area (Å²) in [5.74, 6) is 0. The van der Waals surface area contributed by atoms with Crippen LogP contribution < -0.4 is 0 Å². The summed E-state index contributed by atoms with van der Waals surface area (Å²) in [6, 6.07) is 59.1. The van der Waals surface area contributed by atoms with Crippen LogP contribution in [-0.4, -0.2) is 15.0 Å². The lowest BCUT2D eigenvalue weighted by atomic mass is 9.92. The standard InChI is InChI=1S/C49H29N3/c1-2-12-40-30(8-1)18-23-43-46(40)42-13-3-4-15-45(42)52-47(43)36-10-5-9-31(27-36)32-19-21-38-33(26-32)16-17-34-28-35(20-22-39(34)38)44-29-37-11-6-24-50-48(37)49-41(44)14-7-25-51-49/h1-29H. The molecule has 0 unspecified atom stereocenters. The van der Waals surface area contributed by atoms with Crippen molar-refractivity contribution >= 4 is 75.8 Å². The van der Waals surface area contributed by atoms with Gasteiger partial charge in [0.2, 0.25) is 0 Å². The topological polar surface area (TPSA) is 38.7 Å². The molecule has 8 aromatic carbocycles. The molecule has 0 N–H and O–H groups in total. The summed E-state index contributed by atoms with van der Waals surface area (Å²) in [5.41, 5.74) is 9.70. The Morgan fingerprint density at radius 2 is 0.962 bits per heavy atom. The molecule has 0 spiro atoms. The third-order valence-corrected chi connectivity index (χ3v) is 10.7. The van der Waals surface area contributed by atoms with Crippen LogP contribution in [0.3, 0.4) is 0 Å². The minimum absolute atomic E-state index is 0.934. The van der Waals surface area contributed by atoms with Gasteiger partial charge >= 0.3 is 0 Å². The molecule has 0 saturated heterocycles. The van der Waals surface area contributed by atoms with Crippen LogP contribution in [0.5, 0.6) is 0 Å². The number of nitrogens with zero attached hydrogens (tertiary/aromatic N) is 3. The molecule has 11 aromatic rings. The fraction of sp³-hybridized carbons (Fsp3) is 0. The highest BCUT2D eigenvalue weighted by Crippen LogP contribution is 2.40. The number of rotatable bonds is 3. The van der Waals surface area contributed by atoms with Gasteiger partial charge in [-0.3, -0.25) is 9.97 Å². The minimum atomic E-state index is 0.934. The molecule has 0 amide bonds. The third kappa shape index (κ3) is 4.43. The molecule has 0 aliphatic heterocycles. The van der Waals surface area contributed by atoms with Crippen LogP contribution in [0.2, 0.25) is 0 Å². The van der Waals surface area contributed by atoms with Crippen LogP contribution >= 0.6 is 0 Å².